The number of likely N-dealkylation sites (N-methyl/N-ethyl adjacent to an activating group) is 1. The number of imidazole rings is 1. The van der Waals surface area contributed by atoms with Crippen LogP contribution in [0.1, 0.15) is 48.6 Å². The number of H-pyrrole nitrogens is 1. The highest BCUT2D eigenvalue weighted by atomic mass is 16.5. The lowest BCUT2D eigenvalue weighted by atomic mass is 10.0. The third kappa shape index (κ3) is 2.76. The molecule has 118 valence electrons. The molecule has 0 fully saturated rings. The normalized spacial score (nSPS) is 17.5. The first kappa shape index (κ1) is 14.8. The molecule has 0 aromatic carbocycles. The zero-order chi connectivity index (χ0) is 15.7. The van der Waals surface area contributed by atoms with Crippen molar-refractivity contribution in [1.82, 2.24) is 25.3 Å². The molecule has 2 N–H and O–H groups in total. The van der Waals surface area contributed by atoms with Gasteiger partial charge >= 0.3 is 0 Å². The van der Waals surface area contributed by atoms with Crippen molar-refractivity contribution in [2.45, 2.75) is 38.8 Å². The Morgan fingerprint density at radius 1 is 1.55 bits per heavy atom. The standard InChI is InChI=1S/C15H21N5O2/c1-9(2)12-6-10(22-19-12)7-20(3)15(21)14-13-11(4-5-16-14)17-8-18-13/h6,8-9,14,16H,4-5,7H2,1-3H3,(H,17,18)/t14-/m0/s1. The van der Waals surface area contributed by atoms with Crippen molar-refractivity contribution < 1.29 is 9.32 Å². The van der Waals surface area contributed by atoms with Gasteiger partial charge in [0.15, 0.2) is 5.76 Å². The molecule has 0 spiro atoms. The van der Waals surface area contributed by atoms with Crippen molar-refractivity contribution >= 4 is 5.91 Å². The Balaban J connectivity index is 1.70. The van der Waals surface area contributed by atoms with Gasteiger partial charge in [0.1, 0.15) is 6.04 Å². The molecule has 7 heteroatoms. The maximum Gasteiger partial charge on any atom is 0.246 e. The summed E-state index contributed by atoms with van der Waals surface area (Å²) in [6, 6.07) is 1.51. The van der Waals surface area contributed by atoms with Crippen molar-refractivity contribution in [1.29, 1.82) is 0 Å². The number of rotatable bonds is 4. The summed E-state index contributed by atoms with van der Waals surface area (Å²) in [5.74, 6) is 0.985. The second-order valence-corrected chi connectivity index (χ2v) is 5.97. The van der Waals surface area contributed by atoms with Gasteiger partial charge < -0.3 is 19.7 Å². The molecule has 2 aromatic rings. The van der Waals surface area contributed by atoms with Crippen molar-refractivity contribution in [3.63, 3.8) is 0 Å². The van der Waals surface area contributed by atoms with Gasteiger partial charge in [-0.3, -0.25) is 4.79 Å². The minimum absolute atomic E-state index is 0.0180. The molecule has 1 atom stereocenters. The van der Waals surface area contributed by atoms with Crippen molar-refractivity contribution in [2.24, 2.45) is 0 Å². The summed E-state index contributed by atoms with van der Waals surface area (Å²) >= 11 is 0. The van der Waals surface area contributed by atoms with Crippen LogP contribution in [-0.2, 0) is 17.8 Å². The van der Waals surface area contributed by atoms with Crippen molar-refractivity contribution in [3.8, 4) is 0 Å². The molecular weight excluding hydrogens is 282 g/mol. The fraction of sp³-hybridized carbons (Fsp3) is 0.533. The van der Waals surface area contributed by atoms with Crippen LogP contribution in [0.5, 0.6) is 0 Å². The van der Waals surface area contributed by atoms with E-state index in [4.69, 9.17) is 4.52 Å². The van der Waals surface area contributed by atoms with Crippen LogP contribution in [0, 0.1) is 0 Å². The first-order valence-electron chi connectivity index (χ1n) is 7.52. The average molecular weight is 303 g/mol. The molecule has 0 unspecified atom stereocenters. The molecule has 1 amide bonds. The molecule has 7 nitrogen and oxygen atoms in total. The molecule has 3 heterocycles. The molecule has 0 radical (unpaired) electrons. The topological polar surface area (TPSA) is 87.0 Å². The van der Waals surface area contributed by atoms with Crippen LogP contribution in [0.4, 0.5) is 0 Å². The van der Waals surface area contributed by atoms with E-state index in [0.717, 1.165) is 30.0 Å². The minimum Gasteiger partial charge on any atom is -0.359 e. The molecular formula is C15H21N5O2. The zero-order valence-electron chi connectivity index (χ0n) is 13.1. The summed E-state index contributed by atoms with van der Waals surface area (Å²) in [5.41, 5.74) is 2.73. The number of hydrogen-bond donors (Lipinski definition) is 2. The van der Waals surface area contributed by atoms with Gasteiger partial charge in [-0.05, 0) is 5.92 Å². The molecule has 3 rings (SSSR count). The molecule has 2 aromatic heterocycles. The maximum atomic E-state index is 12.7. The van der Waals surface area contributed by atoms with Crippen LogP contribution < -0.4 is 5.32 Å². The van der Waals surface area contributed by atoms with Gasteiger partial charge in [0, 0.05) is 31.8 Å². The Bertz CT molecular complexity index is 660. The van der Waals surface area contributed by atoms with E-state index in [9.17, 15) is 4.79 Å². The molecule has 0 bridgehead atoms. The van der Waals surface area contributed by atoms with E-state index in [0.29, 0.717) is 18.2 Å². The van der Waals surface area contributed by atoms with Gasteiger partial charge in [-0.15, -0.1) is 0 Å². The Labute approximate surface area is 129 Å². The predicted octanol–water partition coefficient (Wildman–Crippen LogP) is 1.37. The van der Waals surface area contributed by atoms with Gasteiger partial charge in [-0.2, -0.15) is 0 Å². The van der Waals surface area contributed by atoms with E-state index in [2.05, 4.69) is 34.3 Å². The number of nitrogens with zero attached hydrogens (tertiary/aromatic N) is 3. The van der Waals surface area contributed by atoms with Crippen molar-refractivity contribution in [2.75, 3.05) is 13.6 Å². The third-order valence-corrected chi connectivity index (χ3v) is 3.93. The first-order chi connectivity index (χ1) is 10.6. The van der Waals surface area contributed by atoms with E-state index < -0.39 is 6.04 Å². The fourth-order valence-corrected chi connectivity index (χ4v) is 2.63. The number of amides is 1. The summed E-state index contributed by atoms with van der Waals surface area (Å²) in [7, 11) is 1.77. The van der Waals surface area contributed by atoms with E-state index in [1.54, 1.807) is 18.3 Å². The molecule has 0 saturated heterocycles. The van der Waals surface area contributed by atoms with E-state index >= 15 is 0 Å². The smallest absolute Gasteiger partial charge is 0.246 e. The predicted molar refractivity (Wildman–Crippen MR) is 80.1 cm³/mol. The second-order valence-electron chi connectivity index (χ2n) is 5.97. The Hall–Kier alpha value is -2.15. The van der Waals surface area contributed by atoms with Crippen LogP contribution >= 0.6 is 0 Å². The Morgan fingerprint density at radius 2 is 2.36 bits per heavy atom. The number of aromatic amines is 1. The number of carbonyl (C=O) groups excluding carboxylic acids is 1. The summed E-state index contributed by atoms with van der Waals surface area (Å²) in [4.78, 5) is 21.7. The number of nitrogens with one attached hydrogen (secondary N) is 2. The highest BCUT2D eigenvalue weighted by molar-refractivity contribution is 5.83. The van der Waals surface area contributed by atoms with Gasteiger partial charge in [0.2, 0.25) is 5.91 Å². The lowest BCUT2D eigenvalue weighted by Gasteiger charge is -2.26. The highest BCUT2D eigenvalue weighted by Crippen LogP contribution is 2.22. The van der Waals surface area contributed by atoms with Gasteiger partial charge in [0.25, 0.3) is 0 Å². The van der Waals surface area contributed by atoms with Gasteiger partial charge in [0.05, 0.1) is 24.3 Å². The summed E-state index contributed by atoms with van der Waals surface area (Å²) in [5, 5.41) is 7.25. The molecule has 1 aliphatic rings. The highest BCUT2D eigenvalue weighted by Gasteiger charge is 2.30. The van der Waals surface area contributed by atoms with Crippen LogP contribution in [-0.4, -0.2) is 39.5 Å². The van der Waals surface area contributed by atoms with Gasteiger partial charge in [-0.25, -0.2) is 4.98 Å². The fourth-order valence-electron chi connectivity index (χ4n) is 2.63. The molecule has 0 aliphatic carbocycles. The van der Waals surface area contributed by atoms with Crippen LogP contribution in [0.25, 0.3) is 0 Å². The second kappa shape index (κ2) is 5.92. The lowest BCUT2D eigenvalue weighted by Crippen LogP contribution is -2.42. The number of hydrogen-bond acceptors (Lipinski definition) is 5. The largest absolute Gasteiger partial charge is 0.359 e. The Kier molecular flexibility index (Phi) is 3.98. The quantitative estimate of drug-likeness (QED) is 0.890. The molecule has 22 heavy (non-hydrogen) atoms. The minimum atomic E-state index is -0.396. The molecule has 0 saturated carbocycles. The monoisotopic (exact) mass is 303 g/mol. The maximum absolute atomic E-state index is 12.7. The van der Waals surface area contributed by atoms with Crippen molar-refractivity contribution in [3.05, 3.63) is 35.2 Å². The van der Waals surface area contributed by atoms with E-state index in [-0.39, 0.29) is 5.91 Å². The number of carbonyl (C=O) groups is 1. The third-order valence-electron chi connectivity index (χ3n) is 3.93. The SMILES string of the molecule is CC(C)c1cc(CN(C)C(=O)[C@H]2NCCc3[nH]cnc32)on1. The zero-order valence-corrected chi connectivity index (χ0v) is 13.1. The van der Waals surface area contributed by atoms with Crippen LogP contribution in [0.15, 0.2) is 16.9 Å². The summed E-state index contributed by atoms with van der Waals surface area (Å²) in [6.45, 7) is 5.28. The van der Waals surface area contributed by atoms with Crippen LogP contribution in [0.3, 0.4) is 0 Å². The first-order valence-corrected chi connectivity index (χ1v) is 7.52. The summed E-state index contributed by atoms with van der Waals surface area (Å²) < 4.78 is 5.30. The molecule has 1 aliphatic heterocycles. The van der Waals surface area contributed by atoms with E-state index in [1.165, 1.54) is 0 Å². The lowest BCUT2D eigenvalue weighted by molar-refractivity contribution is -0.133. The summed E-state index contributed by atoms with van der Waals surface area (Å²) in [6.07, 6.45) is 2.51. The Morgan fingerprint density at radius 3 is 3.09 bits per heavy atom. The van der Waals surface area contributed by atoms with Crippen LogP contribution in [0.2, 0.25) is 0 Å². The number of aromatic nitrogens is 3. The number of fused-ring (bicyclic) bond motifs is 1. The average Bonchev–Trinajstić information content (AvgIpc) is 3.14. The van der Waals surface area contributed by atoms with Gasteiger partial charge in [-0.1, -0.05) is 19.0 Å². The van der Waals surface area contributed by atoms with E-state index in [1.807, 2.05) is 6.07 Å².